The molecule has 0 aliphatic heterocycles. The second-order valence-corrected chi connectivity index (χ2v) is 7.71. The van der Waals surface area contributed by atoms with Crippen LogP contribution in [0.25, 0.3) is 28.3 Å². The minimum Gasteiger partial charge on any atom is -0.368 e. The highest BCUT2D eigenvalue weighted by molar-refractivity contribution is 5.95. The van der Waals surface area contributed by atoms with Crippen LogP contribution in [0.4, 0.5) is 17.6 Å². The Kier molecular flexibility index (Phi) is 5.13. The van der Waals surface area contributed by atoms with Crippen LogP contribution in [0.15, 0.2) is 48.8 Å². The number of nitrogens with zero attached hydrogens (tertiary/aromatic N) is 6. The molecule has 0 radical (unpaired) electrons. The molecule has 0 aliphatic carbocycles. The van der Waals surface area contributed by atoms with E-state index in [2.05, 4.69) is 35.8 Å². The normalized spacial score (nSPS) is 11.0. The Bertz CT molecular complexity index is 1500. The number of pyridine rings is 1. The van der Waals surface area contributed by atoms with Crippen molar-refractivity contribution in [3.05, 3.63) is 65.7 Å². The van der Waals surface area contributed by atoms with Crippen LogP contribution in [0.2, 0.25) is 0 Å². The Morgan fingerprint density at radius 2 is 1.91 bits per heavy atom. The lowest BCUT2D eigenvalue weighted by molar-refractivity contribution is 0.0963. The summed E-state index contributed by atoms with van der Waals surface area (Å²) in [7, 11) is 1.62. The van der Waals surface area contributed by atoms with Crippen molar-refractivity contribution in [3.63, 3.8) is 0 Å². The van der Waals surface area contributed by atoms with E-state index in [1.165, 1.54) is 0 Å². The molecule has 11 nitrogen and oxygen atoms in total. The number of imidazole rings is 1. The van der Waals surface area contributed by atoms with Crippen molar-refractivity contribution < 1.29 is 4.79 Å². The van der Waals surface area contributed by atoms with Crippen molar-refractivity contribution in [1.29, 1.82) is 0 Å². The number of hydrogen-bond donors (Lipinski definition) is 4. The van der Waals surface area contributed by atoms with E-state index in [4.69, 9.17) is 10.7 Å². The van der Waals surface area contributed by atoms with Crippen LogP contribution in [0.1, 0.15) is 21.7 Å². The third-order valence-corrected chi connectivity index (χ3v) is 5.37. The molecule has 11 heteroatoms. The number of benzene rings is 1. The number of carbonyl (C=O) groups is 1. The Labute approximate surface area is 194 Å². The summed E-state index contributed by atoms with van der Waals surface area (Å²) in [5.74, 6) is 2.02. The fraction of sp³-hybridized carbons (Fsp3) is 0.130. The first-order valence-electron chi connectivity index (χ1n) is 10.5. The molecule has 0 saturated heterocycles. The first kappa shape index (κ1) is 21.1. The topological polar surface area (TPSA) is 152 Å². The molecule has 0 atom stereocenters. The summed E-state index contributed by atoms with van der Waals surface area (Å²) in [6.07, 6.45) is 3.68. The van der Waals surface area contributed by atoms with E-state index >= 15 is 0 Å². The lowest BCUT2D eigenvalue weighted by Gasteiger charge is -2.10. The number of hydrogen-bond acceptors (Lipinski definition) is 8. The highest BCUT2D eigenvalue weighted by atomic mass is 16.1. The highest BCUT2D eigenvalue weighted by Crippen LogP contribution is 2.32. The monoisotopic (exact) mass is 454 g/mol. The van der Waals surface area contributed by atoms with Gasteiger partial charge in [0.1, 0.15) is 17.2 Å². The van der Waals surface area contributed by atoms with Crippen molar-refractivity contribution in [2.75, 3.05) is 18.1 Å². The average Bonchev–Trinajstić information content (AvgIpc) is 3.45. The molecule has 0 unspecified atom stereocenters. The quantitative estimate of drug-likeness (QED) is 0.316. The molecule has 5 aromatic rings. The van der Waals surface area contributed by atoms with Gasteiger partial charge in [-0.3, -0.25) is 14.3 Å². The molecule has 0 saturated carbocycles. The SMILES string of the molecule is CNC(=O)c1ccc(-c2ccc3nc(Nc4cc[nH]n4)c(-c4nc(C)nc(N)n4)n3c2)c(C)c1. The van der Waals surface area contributed by atoms with Crippen molar-refractivity contribution in [3.8, 4) is 22.6 Å². The number of fused-ring (bicyclic) bond motifs is 1. The molecule has 5 N–H and O–H groups in total. The van der Waals surface area contributed by atoms with Crippen LogP contribution >= 0.6 is 0 Å². The minimum absolute atomic E-state index is 0.125. The number of amides is 1. The fourth-order valence-corrected chi connectivity index (χ4v) is 3.84. The van der Waals surface area contributed by atoms with Crippen LogP contribution in [-0.4, -0.2) is 47.5 Å². The van der Waals surface area contributed by atoms with Crippen LogP contribution in [-0.2, 0) is 0 Å². The van der Waals surface area contributed by atoms with Gasteiger partial charge in [-0.2, -0.15) is 15.1 Å². The van der Waals surface area contributed by atoms with Crippen molar-refractivity contribution >= 4 is 29.1 Å². The van der Waals surface area contributed by atoms with Gasteiger partial charge in [-0.25, -0.2) is 9.97 Å². The summed E-state index contributed by atoms with van der Waals surface area (Å²) >= 11 is 0. The smallest absolute Gasteiger partial charge is 0.251 e. The van der Waals surface area contributed by atoms with E-state index in [1.807, 2.05) is 41.8 Å². The first-order valence-corrected chi connectivity index (χ1v) is 10.5. The number of aromatic amines is 1. The first-order chi connectivity index (χ1) is 16.4. The molecular formula is C23H22N10O. The Hall–Kier alpha value is -4.80. The predicted molar refractivity (Wildman–Crippen MR) is 129 cm³/mol. The van der Waals surface area contributed by atoms with Crippen molar-refractivity contribution in [2.45, 2.75) is 13.8 Å². The van der Waals surface area contributed by atoms with E-state index in [0.29, 0.717) is 40.2 Å². The summed E-state index contributed by atoms with van der Waals surface area (Å²) in [5, 5.41) is 12.8. The molecule has 0 aliphatic rings. The summed E-state index contributed by atoms with van der Waals surface area (Å²) < 4.78 is 1.91. The molecule has 0 spiro atoms. The molecule has 0 fully saturated rings. The number of rotatable bonds is 5. The van der Waals surface area contributed by atoms with Gasteiger partial charge in [0, 0.05) is 31.1 Å². The molecule has 1 aromatic carbocycles. The second kappa shape index (κ2) is 8.28. The third kappa shape index (κ3) is 3.79. The maximum absolute atomic E-state index is 12.0. The van der Waals surface area contributed by atoms with Crippen LogP contribution in [0, 0.1) is 13.8 Å². The minimum atomic E-state index is -0.126. The second-order valence-electron chi connectivity index (χ2n) is 7.71. The van der Waals surface area contributed by atoms with Gasteiger partial charge >= 0.3 is 0 Å². The van der Waals surface area contributed by atoms with Crippen molar-refractivity contribution in [2.24, 2.45) is 0 Å². The third-order valence-electron chi connectivity index (χ3n) is 5.37. The van der Waals surface area contributed by atoms with E-state index in [9.17, 15) is 4.79 Å². The van der Waals surface area contributed by atoms with Crippen LogP contribution < -0.4 is 16.4 Å². The Morgan fingerprint density at radius 3 is 2.62 bits per heavy atom. The zero-order chi connectivity index (χ0) is 23.8. The van der Waals surface area contributed by atoms with Gasteiger partial charge < -0.3 is 16.4 Å². The number of H-pyrrole nitrogens is 1. The van der Waals surface area contributed by atoms with Crippen LogP contribution in [0.5, 0.6) is 0 Å². The predicted octanol–water partition coefficient (Wildman–Crippen LogP) is 2.88. The van der Waals surface area contributed by atoms with Gasteiger partial charge in [-0.1, -0.05) is 6.07 Å². The van der Waals surface area contributed by atoms with E-state index in [-0.39, 0.29) is 11.9 Å². The molecule has 170 valence electrons. The maximum atomic E-state index is 12.0. The van der Waals surface area contributed by atoms with E-state index in [1.54, 1.807) is 32.3 Å². The lowest BCUT2D eigenvalue weighted by atomic mass is 9.99. The maximum Gasteiger partial charge on any atom is 0.251 e. The number of nitrogens with two attached hydrogens (primary N) is 1. The molecule has 0 bridgehead atoms. The summed E-state index contributed by atoms with van der Waals surface area (Å²) in [4.78, 5) is 29.7. The zero-order valence-corrected chi connectivity index (χ0v) is 18.8. The summed E-state index contributed by atoms with van der Waals surface area (Å²) in [5.41, 5.74) is 10.7. The zero-order valence-electron chi connectivity index (χ0n) is 18.8. The molecule has 5 rings (SSSR count). The van der Waals surface area contributed by atoms with Crippen molar-refractivity contribution in [1.82, 2.24) is 39.9 Å². The molecule has 34 heavy (non-hydrogen) atoms. The van der Waals surface area contributed by atoms with Gasteiger partial charge in [-0.15, -0.1) is 0 Å². The largest absolute Gasteiger partial charge is 0.368 e. The number of nitrogens with one attached hydrogen (secondary N) is 3. The standard InChI is InChI=1S/C23H22N10O/c1-12-10-14(22(34)25-3)4-6-16(12)15-5-7-18-30-21(29-17-8-9-26-32-17)19(33(18)11-15)20-27-13(2)28-23(24)31-20/h4-11H,1-3H3,(H,25,34)(H2,26,29,32)(H2,24,27,28,31). The fourth-order valence-electron chi connectivity index (χ4n) is 3.84. The van der Waals surface area contributed by atoms with Gasteiger partial charge in [-0.05, 0) is 54.8 Å². The summed E-state index contributed by atoms with van der Waals surface area (Å²) in [6, 6.07) is 11.3. The highest BCUT2D eigenvalue weighted by Gasteiger charge is 2.20. The average molecular weight is 454 g/mol. The van der Waals surface area contributed by atoms with E-state index in [0.717, 1.165) is 16.7 Å². The molecule has 1 amide bonds. The summed E-state index contributed by atoms with van der Waals surface area (Å²) in [6.45, 7) is 3.73. The van der Waals surface area contributed by atoms with Gasteiger partial charge in [0.2, 0.25) is 5.95 Å². The number of anilines is 3. The van der Waals surface area contributed by atoms with Gasteiger partial charge in [0.25, 0.3) is 5.91 Å². The number of carbonyl (C=O) groups excluding carboxylic acids is 1. The Balaban J connectivity index is 1.69. The molecule has 4 aromatic heterocycles. The molecule has 4 heterocycles. The van der Waals surface area contributed by atoms with Crippen LogP contribution in [0.3, 0.4) is 0 Å². The molecular weight excluding hydrogens is 432 g/mol. The van der Waals surface area contributed by atoms with Gasteiger partial charge in [0.15, 0.2) is 17.5 Å². The number of aromatic nitrogens is 7. The van der Waals surface area contributed by atoms with Gasteiger partial charge in [0.05, 0.1) is 0 Å². The van der Waals surface area contributed by atoms with E-state index < -0.39 is 0 Å². The number of aryl methyl sites for hydroxylation is 2. The lowest BCUT2D eigenvalue weighted by Crippen LogP contribution is -2.17. The Morgan fingerprint density at radius 1 is 1.06 bits per heavy atom. The number of nitrogen functional groups attached to an aromatic ring is 1.